The van der Waals surface area contributed by atoms with Gasteiger partial charge in [0, 0.05) is 24.7 Å². The molecule has 0 spiro atoms. The summed E-state index contributed by atoms with van der Waals surface area (Å²) in [6.07, 6.45) is 1.00. The van der Waals surface area contributed by atoms with E-state index in [1.807, 2.05) is 43.3 Å². The molecule has 0 saturated carbocycles. The van der Waals surface area contributed by atoms with E-state index >= 15 is 0 Å². The van der Waals surface area contributed by atoms with Crippen LogP contribution in [0.15, 0.2) is 48.5 Å². The van der Waals surface area contributed by atoms with Crippen molar-refractivity contribution < 1.29 is 14.3 Å². The highest BCUT2D eigenvalue weighted by Crippen LogP contribution is 2.23. The third kappa shape index (κ3) is 5.43. The van der Waals surface area contributed by atoms with E-state index in [1.165, 1.54) is 6.92 Å². The summed E-state index contributed by atoms with van der Waals surface area (Å²) >= 11 is 0. The number of carbonyl (C=O) groups is 2. The predicted molar refractivity (Wildman–Crippen MR) is 95.3 cm³/mol. The zero-order valence-corrected chi connectivity index (χ0v) is 14.0. The van der Waals surface area contributed by atoms with E-state index in [0.29, 0.717) is 30.8 Å². The molecule has 0 atom stereocenters. The maximum atomic E-state index is 12.1. The van der Waals surface area contributed by atoms with Gasteiger partial charge in [-0.25, -0.2) is 0 Å². The lowest BCUT2D eigenvalue weighted by Gasteiger charge is -2.13. The second-order valence-corrected chi connectivity index (χ2v) is 5.47. The zero-order valence-electron chi connectivity index (χ0n) is 14.0. The number of hydrogen-bond acceptors (Lipinski definition) is 3. The maximum absolute atomic E-state index is 12.1. The molecule has 2 rings (SSSR count). The highest BCUT2D eigenvalue weighted by Gasteiger charge is 2.08. The average molecular weight is 326 g/mol. The summed E-state index contributed by atoms with van der Waals surface area (Å²) in [5.41, 5.74) is 2.24. The number of rotatable bonds is 7. The van der Waals surface area contributed by atoms with E-state index in [4.69, 9.17) is 4.74 Å². The highest BCUT2D eigenvalue weighted by atomic mass is 16.5. The van der Waals surface area contributed by atoms with Crippen LogP contribution in [0.2, 0.25) is 0 Å². The summed E-state index contributed by atoms with van der Waals surface area (Å²) in [7, 11) is 0. The number of para-hydroxylation sites is 1. The fourth-order valence-electron chi connectivity index (χ4n) is 2.25. The summed E-state index contributed by atoms with van der Waals surface area (Å²) in [6.45, 7) is 3.80. The Bertz CT molecular complexity index is 699. The van der Waals surface area contributed by atoms with Gasteiger partial charge in [-0.05, 0) is 43.2 Å². The molecule has 0 unspecified atom stereocenters. The Morgan fingerprint density at radius 2 is 1.62 bits per heavy atom. The number of nitrogens with one attached hydrogen (secondary N) is 2. The normalized spacial score (nSPS) is 10.1. The zero-order chi connectivity index (χ0) is 17.4. The van der Waals surface area contributed by atoms with Crippen LogP contribution in [0.5, 0.6) is 5.75 Å². The van der Waals surface area contributed by atoms with E-state index in [1.54, 1.807) is 12.1 Å². The van der Waals surface area contributed by atoms with Gasteiger partial charge in [-0.3, -0.25) is 9.59 Å². The third-order valence-corrected chi connectivity index (χ3v) is 3.48. The van der Waals surface area contributed by atoms with Gasteiger partial charge in [0.2, 0.25) is 11.8 Å². The highest BCUT2D eigenvalue weighted by molar-refractivity contribution is 5.95. The first-order chi connectivity index (χ1) is 11.6. The van der Waals surface area contributed by atoms with Crippen LogP contribution >= 0.6 is 0 Å². The van der Waals surface area contributed by atoms with Crippen molar-refractivity contribution in [3.05, 3.63) is 54.1 Å². The van der Waals surface area contributed by atoms with Crippen molar-refractivity contribution in [2.75, 3.05) is 17.2 Å². The molecule has 2 N–H and O–H groups in total. The molecule has 5 heteroatoms. The van der Waals surface area contributed by atoms with Gasteiger partial charge < -0.3 is 15.4 Å². The van der Waals surface area contributed by atoms with Crippen LogP contribution in [0, 0.1) is 6.92 Å². The van der Waals surface area contributed by atoms with Gasteiger partial charge >= 0.3 is 0 Å². The minimum absolute atomic E-state index is 0.0743. The second-order valence-electron chi connectivity index (χ2n) is 5.47. The molecule has 0 aromatic heterocycles. The van der Waals surface area contributed by atoms with Crippen molar-refractivity contribution in [2.45, 2.75) is 26.7 Å². The minimum atomic E-state index is -0.139. The van der Waals surface area contributed by atoms with Gasteiger partial charge in [0.1, 0.15) is 5.75 Å². The first kappa shape index (κ1) is 17.5. The van der Waals surface area contributed by atoms with E-state index in [2.05, 4.69) is 10.6 Å². The lowest BCUT2D eigenvalue weighted by atomic mass is 10.1. The molecular weight excluding hydrogens is 304 g/mol. The minimum Gasteiger partial charge on any atom is -0.494 e. The second kappa shape index (κ2) is 8.72. The summed E-state index contributed by atoms with van der Waals surface area (Å²) in [6, 6.07) is 14.9. The molecule has 0 aliphatic rings. The van der Waals surface area contributed by atoms with Crippen LogP contribution in [-0.4, -0.2) is 18.4 Å². The number of ether oxygens (including phenoxy) is 1. The summed E-state index contributed by atoms with van der Waals surface area (Å²) in [5.74, 6) is 0.589. The number of benzene rings is 2. The standard InChI is InChI=1S/C19H22N2O3/c1-14-17(20-15(2)22)10-6-11-18(14)21-19(23)12-7-13-24-16-8-4-3-5-9-16/h3-6,8-11H,7,12-13H2,1-2H3,(H,20,22)(H,21,23). The van der Waals surface area contributed by atoms with Crippen LogP contribution in [0.4, 0.5) is 11.4 Å². The van der Waals surface area contributed by atoms with Crippen LogP contribution in [0.25, 0.3) is 0 Å². The van der Waals surface area contributed by atoms with Crippen molar-refractivity contribution in [3.8, 4) is 5.75 Å². The molecule has 0 heterocycles. The van der Waals surface area contributed by atoms with Crippen LogP contribution in [0.3, 0.4) is 0 Å². The molecule has 0 fully saturated rings. The number of amides is 2. The Morgan fingerprint density at radius 1 is 0.958 bits per heavy atom. The molecular formula is C19H22N2O3. The molecule has 0 aliphatic carbocycles. The molecule has 126 valence electrons. The lowest BCUT2D eigenvalue weighted by molar-refractivity contribution is -0.116. The molecule has 0 aliphatic heterocycles. The van der Waals surface area contributed by atoms with E-state index in [9.17, 15) is 9.59 Å². The Balaban J connectivity index is 1.81. The van der Waals surface area contributed by atoms with Crippen molar-refractivity contribution >= 4 is 23.2 Å². The Kier molecular flexibility index (Phi) is 6.37. The number of anilines is 2. The monoisotopic (exact) mass is 326 g/mol. The van der Waals surface area contributed by atoms with Crippen molar-refractivity contribution in [1.82, 2.24) is 0 Å². The van der Waals surface area contributed by atoms with Gasteiger partial charge in [0.15, 0.2) is 0 Å². The molecule has 0 bridgehead atoms. The van der Waals surface area contributed by atoms with Gasteiger partial charge in [-0.1, -0.05) is 24.3 Å². The first-order valence-electron chi connectivity index (χ1n) is 7.91. The van der Waals surface area contributed by atoms with Crippen molar-refractivity contribution in [2.24, 2.45) is 0 Å². The maximum Gasteiger partial charge on any atom is 0.224 e. The molecule has 2 aromatic rings. The van der Waals surface area contributed by atoms with Crippen LogP contribution < -0.4 is 15.4 Å². The van der Waals surface area contributed by atoms with Gasteiger partial charge in [-0.2, -0.15) is 0 Å². The van der Waals surface area contributed by atoms with Crippen LogP contribution in [-0.2, 0) is 9.59 Å². The molecule has 0 saturated heterocycles. The van der Waals surface area contributed by atoms with Crippen LogP contribution in [0.1, 0.15) is 25.3 Å². The van der Waals surface area contributed by atoms with E-state index < -0.39 is 0 Å². The van der Waals surface area contributed by atoms with Crippen molar-refractivity contribution in [3.63, 3.8) is 0 Å². The van der Waals surface area contributed by atoms with E-state index in [0.717, 1.165) is 11.3 Å². The molecule has 2 amide bonds. The number of hydrogen-bond donors (Lipinski definition) is 2. The molecule has 24 heavy (non-hydrogen) atoms. The third-order valence-electron chi connectivity index (χ3n) is 3.48. The largest absolute Gasteiger partial charge is 0.494 e. The first-order valence-corrected chi connectivity index (χ1v) is 7.91. The molecule has 2 aromatic carbocycles. The summed E-state index contributed by atoms with van der Waals surface area (Å²) in [5, 5.41) is 5.62. The fraction of sp³-hybridized carbons (Fsp3) is 0.263. The topological polar surface area (TPSA) is 67.4 Å². The Labute approximate surface area is 142 Å². The lowest BCUT2D eigenvalue weighted by Crippen LogP contribution is -2.15. The summed E-state index contributed by atoms with van der Waals surface area (Å²) in [4.78, 5) is 23.2. The van der Waals surface area contributed by atoms with Gasteiger partial charge in [-0.15, -0.1) is 0 Å². The fourth-order valence-corrected chi connectivity index (χ4v) is 2.25. The Hall–Kier alpha value is -2.82. The van der Waals surface area contributed by atoms with Gasteiger partial charge in [0.25, 0.3) is 0 Å². The quantitative estimate of drug-likeness (QED) is 0.762. The van der Waals surface area contributed by atoms with Gasteiger partial charge in [0.05, 0.1) is 6.61 Å². The van der Waals surface area contributed by atoms with Crippen molar-refractivity contribution in [1.29, 1.82) is 0 Å². The average Bonchev–Trinajstić information content (AvgIpc) is 2.56. The number of carbonyl (C=O) groups excluding carboxylic acids is 2. The SMILES string of the molecule is CC(=O)Nc1cccc(NC(=O)CCCOc2ccccc2)c1C. The smallest absolute Gasteiger partial charge is 0.224 e. The summed E-state index contributed by atoms with van der Waals surface area (Å²) < 4.78 is 5.57. The van der Waals surface area contributed by atoms with E-state index in [-0.39, 0.29) is 11.8 Å². The molecule has 0 radical (unpaired) electrons. The Morgan fingerprint density at radius 3 is 2.29 bits per heavy atom. The predicted octanol–water partition coefficient (Wildman–Crippen LogP) is 3.75. The molecule has 5 nitrogen and oxygen atoms in total.